The molecule has 1 aliphatic heterocycles. The van der Waals surface area contributed by atoms with Gasteiger partial charge in [-0.3, -0.25) is 0 Å². The van der Waals surface area contributed by atoms with Crippen LogP contribution in [0.4, 0.5) is 0 Å². The molecule has 0 bridgehead atoms. The predicted octanol–water partition coefficient (Wildman–Crippen LogP) is 0.441. The van der Waals surface area contributed by atoms with Crippen LogP contribution in [-0.2, 0) is 0 Å². The van der Waals surface area contributed by atoms with E-state index in [9.17, 15) is 5.11 Å². The van der Waals surface area contributed by atoms with E-state index in [1.54, 1.807) is 0 Å². The third-order valence-electron chi connectivity index (χ3n) is 3.72. The van der Waals surface area contributed by atoms with Gasteiger partial charge >= 0.3 is 0 Å². The van der Waals surface area contributed by atoms with Crippen LogP contribution in [0.1, 0.15) is 25.7 Å². The first kappa shape index (κ1) is 10.4. The Labute approximate surface area is 86.5 Å². The van der Waals surface area contributed by atoms with E-state index < -0.39 is 0 Å². The molecule has 0 radical (unpaired) electrons. The fraction of sp³-hybridized carbons (Fsp3) is 1.00. The quantitative estimate of drug-likeness (QED) is 0.691. The first-order chi connectivity index (χ1) is 6.75. The predicted molar refractivity (Wildman–Crippen MR) is 57.3 cm³/mol. The summed E-state index contributed by atoms with van der Waals surface area (Å²) >= 11 is 0. The van der Waals surface area contributed by atoms with Crippen molar-refractivity contribution in [2.24, 2.45) is 5.92 Å². The van der Waals surface area contributed by atoms with Crippen LogP contribution in [0.3, 0.4) is 0 Å². The van der Waals surface area contributed by atoms with Gasteiger partial charge in [0.25, 0.3) is 0 Å². The van der Waals surface area contributed by atoms with Crippen molar-refractivity contribution >= 4 is 0 Å². The molecule has 1 saturated carbocycles. The number of nitrogens with zero attached hydrogens (tertiary/aromatic N) is 1. The molecule has 2 rings (SSSR count). The molecule has 2 N–H and O–H groups in total. The second-order valence-electron chi connectivity index (χ2n) is 4.91. The van der Waals surface area contributed by atoms with E-state index in [4.69, 9.17) is 0 Å². The summed E-state index contributed by atoms with van der Waals surface area (Å²) in [5.74, 6) is 0.874. The maximum absolute atomic E-state index is 9.24. The summed E-state index contributed by atoms with van der Waals surface area (Å²) in [6.45, 7) is 3.59. The number of piperidine rings is 1. The van der Waals surface area contributed by atoms with Gasteiger partial charge in [0.1, 0.15) is 0 Å². The Morgan fingerprint density at radius 3 is 2.50 bits per heavy atom. The molecule has 0 atom stereocenters. The van der Waals surface area contributed by atoms with Gasteiger partial charge in [-0.15, -0.1) is 0 Å². The van der Waals surface area contributed by atoms with Gasteiger partial charge in [0.15, 0.2) is 0 Å². The Morgan fingerprint density at radius 2 is 1.93 bits per heavy atom. The Morgan fingerprint density at radius 1 is 1.29 bits per heavy atom. The van der Waals surface area contributed by atoms with Crippen molar-refractivity contribution in [3.8, 4) is 0 Å². The molecule has 0 aromatic carbocycles. The smallest absolute Gasteiger partial charge is 0.0570 e. The molecule has 1 heterocycles. The Hall–Kier alpha value is -0.120. The number of aliphatic hydroxyl groups is 1. The molecule has 3 heteroatoms. The van der Waals surface area contributed by atoms with Gasteiger partial charge in [-0.2, -0.15) is 0 Å². The topological polar surface area (TPSA) is 35.5 Å². The number of hydrogen-bond acceptors (Lipinski definition) is 3. The zero-order valence-corrected chi connectivity index (χ0v) is 9.08. The van der Waals surface area contributed by atoms with Crippen LogP contribution in [0.2, 0.25) is 0 Å². The lowest BCUT2D eigenvalue weighted by Gasteiger charge is -2.40. The summed E-state index contributed by atoms with van der Waals surface area (Å²) in [5, 5.41) is 12.6. The molecule has 14 heavy (non-hydrogen) atoms. The summed E-state index contributed by atoms with van der Waals surface area (Å²) in [6, 6.07) is 0.653. The molecule has 0 aromatic rings. The van der Waals surface area contributed by atoms with E-state index in [0.29, 0.717) is 6.04 Å². The lowest BCUT2D eigenvalue weighted by Crippen LogP contribution is -2.47. The van der Waals surface area contributed by atoms with Crippen LogP contribution >= 0.6 is 0 Å². The van der Waals surface area contributed by atoms with Gasteiger partial charge in [-0.05, 0) is 51.7 Å². The summed E-state index contributed by atoms with van der Waals surface area (Å²) in [5.41, 5.74) is 0. The standard InChI is InChI=1S/C11H22N2O/c1-13(10-6-11(14)7-10)8-9-2-4-12-5-3-9/h9-12,14H,2-8H2,1H3. The van der Waals surface area contributed by atoms with Crippen LogP contribution in [0.15, 0.2) is 0 Å². The van der Waals surface area contributed by atoms with Gasteiger partial charge in [0.2, 0.25) is 0 Å². The molecular weight excluding hydrogens is 176 g/mol. The van der Waals surface area contributed by atoms with E-state index in [-0.39, 0.29) is 6.10 Å². The van der Waals surface area contributed by atoms with Crippen molar-refractivity contribution in [3.05, 3.63) is 0 Å². The first-order valence-electron chi connectivity index (χ1n) is 5.84. The van der Waals surface area contributed by atoms with Gasteiger partial charge < -0.3 is 15.3 Å². The molecule has 1 saturated heterocycles. The van der Waals surface area contributed by atoms with E-state index >= 15 is 0 Å². The summed E-state index contributed by atoms with van der Waals surface area (Å²) in [6.07, 6.45) is 4.60. The first-order valence-corrected chi connectivity index (χ1v) is 5.84. The number of rotatable bonds is 3. The minimum Gasteiger partial charge on any atom is -0.393 e. The molecular formula is C11H22N2O. The second-order valence-corrected chi connectivity index (χ2v) is 4.91. The molecule has 2 aliphatic rings. The maximum atomic E-state index is 9.24. The highest BCUT2D eigenvalue weighted by Gasteiger charge is 2.31. The largest absolute Gasteiger partial charge is 0.393 e. The van der Waals surface area contributed by atoms with Crippen LogP contribution in [0, 0.1) is 5.92 Å². The lowest BCUT2D eigenvalue weighted by atomic mass is 9.87. The van der Waals surface area contributed by atoms with Crippen molar-refractivity contribution in [2.75, 3.05) is 26.7 Å². The van der Waals surface area contributed by atoms with Crippen LogP contribution in [-0.4, -0.2) is 48.8 Å². The van der Waals surface area contributed by atoms with E-state index in [2.05, 4.69) is 17.3 Å². The Bertz CT molecular complexity index is 174. The van der Waals surface area contributed by atoms with E-state index in [1.165, 1.54) is 32.5 Å². The normalized spacial score (nSPS) is 34.5. The Kier molecular flexibility index (Phi) is 3.42. The fourth-order valence-electron chi connectivity index (χ4n) is 2.54. The second kappa shape index (κ2) is 4.60. The molecule has 0 aromatic heterocycles. The maximum Gasteiger partial charge on any atom is 0.0570 e. The highest BCUT2D eigenvalue weighted by molar-refractivity contribution is 4.86. The third-order valence-corrected chi connectivity index (χ3v) is 3.72. The molecule has 1 aliphatic carbocycles. The van der Waals surface area contributed by atoms with Gasteiger partial charge in [0.05, 0.1) is 6.10 Å². The molecule has 2 fully saturated rings. The van der Waals surface area contributed by atoms with Gasteiger partial charge in [0, 0.05) is 12.6 Å². The Balaban J connectivity index is 1.68. The highest BCUT2D eigenvalue weighted by Crippen LogP contribution is 2.26. The molecule has 0 spiro atoms. The summed E-state index contributed by atoms with van der Waals surface area (Å²) in [4.78, 5) is 2.45. The lowest BCUT2D eigenvalue weighted by molar-refractivity contribution is 0.00531. The monoisotopic (exact) mass is 198 g/mol. The third kappa shape index (κ3) is 2.47. The highest BCUT2D eigenvalue weighted by atomic mass is 16.3. The molecule has 82 valence electrons. The molecule has 0 unspecified atom stereocenters. The zero-order chi connectivity index (χ0) is 9.97. The zero-order valence-electron chi connectivity index (χ0n) is 9.08. The minimum absolute atomic E-state index is 0.0181. The summed E-state index contributed by atoms with van der Waals surface area (Å²) in [7, 11) is 2.21. The number of hydrogen-bond donors (Lipinski definition) is 2. The van der Waals surface area contributed by atoms with Crippen molar-refractivity contribution < 1.29 is 5.11 Å². The van der Waals surface area contributed by atoms with Crippen molar-refractivity contribution in [1.29, 1.82) is 0 Å². The van der Waals surface area contributed by atoms with Crippen molar-refractivity contribution in [2.45, 2.75) is 37.8 Å². The van der Waals surface area contributed by atoms with Crippen LogP contribution in [0.5, 0.6) is 0 Å². The average Bonchev–Trinajstić information content (AvgIpc) is 2.14. The average molecular weight is 198 g/mol. The minimum atomic E-state index is -0.0181. The van der Waals surface area contributed by atoms with Crippen molar-refractivity contribution in [3.63, 3.8) is 0 Å². The fourth-order valence-corrected chi connectivity index (χ4v) is 2.54. The van der Waals surface area contributed by atoms with Gasteiger partial charge in [-0.1, -0.05) is 0 Å². The van der Waals surface area contributed by atoms with Crippen LogP contribution < -0.4 is 5.32 Å². The van der Waals surface area contributed by atoms with Gasteiger partial charge in [-0.25, -0.2) is 0 Å². The summed E-state index contributed by atoms with van der Waals surface area (Å²) < 4.78 is 0. The van der Waals surface area contributed by atoms with Crippen molar-refractivity contribution in [1.82, 2.24) is 10.2 Å². The number of aliphatic hydroxyl groups excluding tert-OH is 1. The van der Waals surface area contributed by atoms with E-state index in [0.717, 1.165) is 18.8 Å². The molecule has 0 amide bonds. The molecule has 3 nitrogen and oxygen atoms in total. The van der Waals surface area contributed by atoms with Crippen LogP contribution in [0.25, 0.3) is 0 Å². The van der Waals surface area contributed by atoms with E-state index in [1.807, 2.05) is 0 Å². The number of nitrogens with one attached hydrogen (secondary N) is 1. The SMILES string of the molecule is CN(CC1CCNCC1)C1CC(O)C1.